The SMILES string of the molecule is CCOc1ccc([C@H]2C(C(=O)Nc3ccccc3)=C(C)N=c3s/c(=C\c4cc(N=Nc5ccccc5)ccc4O)c(=O)n32)cc1. The van der Waals surface area contributed by atoms with Crippen molar-refractivity contribution in [2.45, 2.75) is 19.9 Å². The highest BCUT2D eigenvalue weighted by atomic mass is 32.1. The second-order valence-electron chi connectivity index (χ2n) is 10.2. The van der Waals surface area contributed by atoms with Gasteiger partial charge in [0.25, 0.3) is 11.5 Å². The number of fused-ring (bicyclic) bond motifs is 1. The molecule has 2 heterocycles. The van der Waals surface area contributed by atoms with E-state index in [9.17, 15) is 14.7 Å². The zero-order valence-corrected chi connectivity index (χ0v) is 25.4. The summed E-state index contributed by atoms with van der Waals surface area (Å²) >= 11 is 1.19. The maximum atomic E-state index is 14.1. The van der Waals surface area contributed by atoms with Gasteiger partial charge in [-0.05, 0) is 80.1 Å². The van der Waals surface area contributed by atoms with Crippen molar-refractivity contribution in [2.75, 3.05) is 11.9 Å². The summed E-state index contributed by atoms with van der Waals surface area (Å²) in [5.74, 6) is 0.316. The molecule has 9 nitrogen and oxygen atoms in total. The quantitative estimate of drug-likeness (QED) is 0.197. The number of nitrogens with zero attached hydrogens (tertiary/aromatic N) is 4. The van der Waals surface area contributed by atoms with Crippen molar-refractivity contribution in [3.05, 3.63) is 145 Å². The van der Waals surface area contributed by atoms with Gasteiger partial charge in [-0.2, -0.15) is 10.2 Å². The number of para-hydroxylation sites is 1. The number of phenolic OH excluding ortho intramolecular Hbond substituents is 1. The molecule has 1 aliphatic rings. The summed E-state index contributed by atoms with van der Waals surface area (Å²) in [5, 5.41) is 22.2. The van der Waals surface area contributed by atoms with Gasteiger partial charge in [-0.15, -0.1) is 0 Å². The van der Waals surface area contributed by atoms with Crippen LogP contribution in [0.1, 0.15) is 31.0 Å². The molecule has 224 valence electrons. The number of nitrogens with one attached hydrogen (secondary N) is 1. The molecule has 0 saturated carbocycles. The predicted molar refractivity (Wildman–Crippen MR) is 175 cm³/mol. The topological polar surface area (TPSA) is 118 Å². The number of hydrogen-bond donors (Lipinski definition) is 2. The van der Waals surface area contributed by atoms with E-state index in [1.807, 2.05) is 79.7 Å². The molecule has 0 unspecified atom stereocenters. The van der Waals surface area contributed by atoms with Crippen LogP contribution in [0.5, 0.6) is 11.5 Å². The van der Waals surface area contributed by atoms with E-state index in [1.54, 1.807) is 37.3 Å². The Bertz CT molecular complexity index is 2100. The van der Waals surface area contributed by atoms with Crippen LogP contribution in [-0.2, 0) is 4.79 Å². The number of aromatic nitrogens is 1. The van der Waals surface area contributed by atoms with Gasteiger partial charge in [-0.3, -0.25) is 14.2 Å². The van der Waals surface area contributed by atoms with E-state index in [1.165, 1.54) is 22.0 Å². The molecule has 0 aliphatic carbocycles. The second kappa shape index (κ2) is 12.9. The lowest BCUT2D eigenvalue weighted by Gasteiger charge is -2.25. The number of allylic oxidation sites excluding steroid dienone is 1. The van der Waals surface area contributed by atoms with Gasteiger partial charge in [0.1, 0.15) is 11.5 Å². The summed E-state index contributed by atoms with van der Waals surface area (Å²) < 4.78 is 7.51. The van der Waals surface area contributed by atoms with Crippen molar-refractivity contribution < 1.29 is 14.6 Å². The number of hydrogen-bond acceptors (Lipinski definition) is 8. The zero-order chi connectivity index (χ0) is 31.3. The van der Waals surface area contributed by atoms with E-state index < -0.39 is 6.04 Å². The van der Waals surface area contributed by atoms with Crippen LogP contribution in [0.25, 0.3) is 6.08 Å². The molecule has 1 atom stereocenters. The van der Waals surface area contributed by atoms with Crippen LogP contribution in [0.2, 0.25) is 0 Å². The number of aromatic hydroxyl groups is 1. The van der Waals surface area contributed by atoms with Crippen molar-refractivity contribution in [3.8, 4) is 11.5 Å². The van der Waals surface area contributed by atoms with E-state index in [4.69, 9.17) is 9.73 Å². The molecule has 10 heteroatoms. The fraction of sp³-hybridized carbons (Fsp3) is 0.114. The summed E-state index contributed by atoms with van der Waals surface area (Å²) in [6.07, 6.45) is 1.61. The van der Waals surface area contributed by atoms with Gasteiger partial charge in [0.2, 0.25) is 0 Å². The van der Waals surface area contributed by atoms with Crippen molar-refractivity contribution in [1.82, 2.24) is 4.57 Å². The first kappa shape index (κ1) is 29.5. The van der Waals surface area contributed by atoms with Gasteiger partial charge in [-0.1, -0.05) is 59.9 Å². The number of rotatable bonds is 8. The molecule has 1 amide bonds. The minimum absolute atomic E-state index is 0.0123. The average molecular weight is 616 g/mol. The summed E-state index contributed by atoms with van der Waals surface area (Å²) in [6.45, 7) is 4.19. The standard InChI is InChI=1S/C35H29N5O4S/c1-3-44-28-17-14-23(15-18-28)32-31(33(42)37-25-10-6-4-7-11-25)22(2)36-35-40(32)34(43)30(45-35)21-24-20-27(16-19-29(24)41)39-38-26-12-8-5-9-13-26/h4-21,32,41H,3H2,1-2H3,(H,37,42)/b30-21-,39-38?/t32-/m0/s1. The first-order valence-electron chi connectivity index (χ1n) is 14.3. The molecule has 0 fully saturated rings. The van der Waals surface area contributed by atoms with Crippen LogP contribution in [-0.4, -0.2) is 22.2 Å². The van der Waals surface area contributed by atoms with Gasteiger partial charge >= 0.3 is 0 Å². The molecule has 6 rings (SSSR count). The third-order valence-electron chi connectivity index (χ3n) is 7.14. The number of benzene rings is 4. The minimum atomic E-state index is -0.748. The number of phenols is 1. The highest BCUT2D eigenvalue weighted by molar-refractivity contribution is 7.07. The van der Waals surface area contributed by atoms with Crippen molar-refractivity contribution in [2.24, 2.45) is 15.2 Å². The van der Waals surface area contributed by atoms with Crippen LogP contribution in [0.15, 0.2) is 134 Å². The van der Waals surface area contributed by atoms with Crippen LogP contribution in [0.4, 0.5) is 17.1 Å². The molecule has 1 aromatic heterocycles. The Balaban J connectivity index is 1.44. The van der Waals surface area contributed by atoms with Crippen molar-refractivity contribution in [1.29, 1.82) is 0 Å². The van der Waals surface area contributed by atoms with Gasteiger partial charge in [0, 0.05) is 11.3 Å². The monoisotopic (exact) mass is 615 g/mol. The van der Waals surface area contributed by atoms with Crippen LogP contribution >= 0.6 is 11.3 Å². The Morgan fingerprint density at radius 3 is 2.38 bits per heavy atom. The summed E-state index contributed by atoms with van der Waals surface area (Å²) in [6, 6.07) is 29.9. The predicted octanol–water partition coefficient (Wildman–Crippen LogP) is 6.39. The number of carbonyl (C=O) groups excluding carboxylic acids is 1. The lowest BCUT2D eigenvalue weighted by molar-refractivity contribution is -0.113. The summed E-state index contributed by atoms with van der Waals surface area (Å²) in [7, 11) is 0. The smallest absolute Gasteiger partial charge is 0.271 e. The molecule has 2 N–H and O–H groups in total. The molecule has 4 aromatic carbocycles. The van der Waals surface area contributed by atoms with E-state index in [0.29, 0.717) is 55.6 Å². The summed E-state index contributed by atoms with van der Waals surface area (Å²) in [5.41, 5.74) is 3.48. The molecule has 45 heavy (non-hydrogen) atoms. The molecular weight excluding hydrogens is 586 g/mol. The molecule has 5 aromatic rings. The number of ether oxygens (including phenoxy) is 1. The number of amides is 1. The first-order chi connectivity index (χ1) is 21.9. The van der Waals surface area contributed by atoms with Crippen molar-refractivity contribution >= 4 is 40.4 Å². The Morgan fingerprint density at radius 2 is 1.67 bits per heavy atom. The van der Waals surface area contributed by atoms with Gasteiger partial charge in [-0.25, -0.2) is 4.99 Å². The first-order valence-corrected chi connectivity index (χ1v) is 15.1. The third kappa shape index (κ3) is 6.36. The highest BCUT2D eigenvalue weighted by Gasteiger charge is 2.32. The lowest BCUT2D eigenvalue weighted by atomic mass is 9.95. The fourth-order valence-electron chi connectivity index (χ4n) is 5.03. The Kier molecular flexibility index (Phi) is 8.47. The molecule has 0 spiro atoms. The van der Waals surface area contributed by atoms with Crippen molar-refractivity contribution in [3.63, 3.8) is 0 Å². The normalized spacial score (nSPS) is 14.7. The maximum Gasteiger partial charge on any atom is 0.271 e. The molecule has 1 aliphatic heterocycles. The van der Waals surface area contributed by atoms with Crippen LogP contribution in [0.3, 0.4) is 0 Å². The Hall–Kier alpha value is -5.61. The maximum absolute atomic E-state index is 14.1. The van der Waals surface area contributed by atoms with Crippen LogP contribution < -0.4 is 24.9 Å². The highest BCUT2D eigenvalue weighted by Crippen LogP contribution is 2.32. The summed E-state index contributed by atoms with van der Waals surface area (Å²) in [4.78, 5) is 33.0. The van der Waals surface area contributed by atoms with E-state index in [0.717, 1.165) is 5.56 Å². The molecular formula is C35H29N5O4S. The van der Waals surface area contributed by atoms with Crippen LogP contribution in [0, 0.1) is 0 Å². The minimum Gasteiger partial charge on any atom is -0.507 e. The number of azo groups is 1. The van der Waals surface area contributed by atoms with Gasteiger partial charge in [0.15, 0.2) is 4.80 Å². The van der Waals surface area contributed by atoms with Gasteiger partial charge < -0.3 is 15.2 Å². The van der Waals surface area contributed by atoms with E-state index in [-0.39, 0.29) is 17.2 Å². The fourth-order valence-corrected chi connectivity index (χ4v) is 6.07. The Morgan fingerprint density at radius 1 is 0.978 bits per heavy atom. The third-order valence-corrected chi connectivity index (χ3v) is 8.12. The number of carbonyl (C=O) groups is 1. The molecule has 0 bridgehead atoms. The average Bonchev–Trinajstić information content (AvgIpc) is 3.36. The van der Waals surface area contributed by atoms with Gasteiger partial charge in [0.05, 0.1) is 39.8 Å². The second-order valence-corrected chi connectivity index (χ2v) is 11.2. The van der Waals surface area contributed by atoms with E-state index >= 15 is 0 Å². The number of thiazole rings is 1. The largest absolute Gasteiger partial charge is 0.507 e. The van der Waals surface area contributed by atoms with E-state index in [2.05, 4.69) is 15.5 Å². The zero-order valence-electron chi connectivity index (χ0n) is 24.5. The molecule has 0 radical (unpaired) electrons. The number of anilines is 1. The lowest BCUT2D eigenvalue weighted by Crippen LogP contribution is -2.40. The Labute approximate surface area is 262 Å². The molecule has 0 saturated heterocycles.